The Morgan fingerprint density at radius 2 is 2.20 bits per heavy atom. The fourth-order valence-corrected chi connectivity index (χ4v) is 0.966. The molecule has 0 saturated heterocycles. The molecule has 10 heavy (non-hydrogen) atoms. The summed E-state index contributed by atoms with van der Waals surface area (Å²) in [6, 6.07) is 7.99. The van der Waals surface area contributed by atoms with Crippen molar-refractivity contribution in [2.24, 2.45) is 0 Å². The van der Waals surface area contributed by atoms with Gasteiger partial charge in [0.05, 0.1) is 1.37 Å². The van der Waals surface area contributed by atoms with Gasteiger partial charge < -0.3 is 0 Å². The predicted molar refractivity (Wildman–Crippen MR) is 41.7 cm³/mol. The molecule has 0 amide bonds. The normalized spacial score (nSPS) is 11.4. The van der Waals surface area contributed by atoms with Crippen molar-refractivity contribution in [3.8, 4) is 0 Å². The largest absolute Gasteiger partial charge is 0.264 e. The first-order chi connectivity index (χ1) is 5.36. The lowest BCUT2D eigenvalue weighted by Crippen LogP contribution is -1.71. The lowest BCUT2D eigenvalue weighted by molar-refractivity contribution is 1.36. The minimum absolute atomic E-state index is 0.533. The van der Waals surface area contributed by atoms with Crippen molar-refractivity contribution in [2.45, 2.75) is 0 Å². The number of pyridine rings is 1. The molecule has 0 N–H and O–H groups in total. The highest BCUT2D eigenvalue weighted by Gasteiger charge is 1.86. The summed E-state index contributed by atoms with van der Waals surface area (Å²) < 4.78 is 7.35. The van der Waals surface area contributed by atoms with Crippen LogP contribution in [0.1, 0.15) is 1.37 Å². The van der Waals surface area contributed by atoms with Crippen molar-refractivity contribution < 1.29 is 1.37 Å². The van der Waals surface area contributed by atoms with Gasteiger partial charge in [0, 0.05) is 12.4 Å². The Kier molecular flexibility index (Phi) is 0.935. The van der Waals surface area contributed by atoms with Gasteiger partial charge in [-0.3, -0.25) is 4.98 Å². The van der Waals surface area contributed by atoms with Crippen molar-refractivity contribution >= 4 is 10.8 Å². The third kappa shape index (κ3) is 0.760. The second-order valence-corrected chi connectivity index (χ2v) is 2.15. The van der Waals surface area contributed by atoms with Crippen LogP contribution in [-0.2, 0) is 0 Å². The second kappa shape index (κ2) is 2.10. The minimum atomic E-state index is 0.533. The van der Waals surface area contributed by atoms with Crippen molar-refractivity contribution in [1.82, 2.24) is 4.98 Å². The summed E-state index contributed by atoms with van der Waals surface area (Å²) >= 11 is 0. The average molecular weight is 131 g/mol. The summed E-state index contributed by atoms with van der Waals surface area (Å²) in [5.74, 6) is 0. The Morgan fingerprint density at radius 3 is 3.20 bits per heavy atom. The van der Waals surface area contributed by atoms with Crippen LogP contribution in [0.2, 0.25) is 0 Å². The molecular formula is C9H7N. The minimum Gasteiger partial charge on any atom is -0.264 e. The summed E-state index contributed by atoms with van der Waals surface area (Å²) in [4.78, 5) is 3.97. The van der Waals surface area contributed by atoms with Crippen molar-refractivity contribution in [3.63, 3.8) is 0 Å². The molecule has 1 heteroatoms. The van der Waals surface area contributed by atoms with E-state index in [1.165, 1.54) is 0 Å². The summed E-state index contributed by atoms with van der Waals surface area (Å²) in [5.41, 5.74) is 0. The maximum Gasteiger partial charge on any atom is 0.0623 e. The van der Waals surface area contributed by atoms with E-state index in [2.05, 4.69) is 4.98 Å². The van der Waals surface area contributed by atoms with Gasteiger partial charge in [-0.05, 0) is 16.8 Å². The zero-order valence-corrected chi connectivity index (χ0v) is 5.41. The van der Waals surface area contributed by atoms with E-state index in [-0.39, 0.29) is 0 Å². The molecule has 0 fully saturated rings. The number of fused-ring (bicyclic) bond motifs is 1. The molecule has 0 atom stereocenters. The average Bonchev–Trinajstić information content (AvgIpc) is 2.04. The van der Waals surface area contributed by atoms with E-state index in [1.807, 2.05) is 18.2 Å². The topological polar surface area (TPSA) is 12.9 Å². The molecule has 1 aromatic carbocycles. The maximum atomic E-state index is 7.35. The van der Waals surface area contributed by atoms with Crippen LogP contribution in [0.25, 0.3) is 10.8 Å². The molecule has 0 unspecified atom stereocenters. The number of hydrogen-bond donors (Lipinski definition) is 0. The highest BCUT2D eigenvalue weighted by Crippen LogP contribution is 2.09. The first kappa shape index (κ1) is 4.45. The van der Waals surface area contributed by atoms with Gasteiger partial charge in [0.1, 0.15) is 0 Å². The van der Waals surface area contributed by atoms with Crippen LogP contribution in [0, 0.1) is 0 Å². The molecule has 2 rings (SSSR count). The monoisotopic (exact) mass is 131 g/mol. The summed E-state index contributed by atoms with van der Waals surface area (Å²) in [6.45, 7) is 0. The SMILES string of the molecule is [3H]c1ccc2ccncc2c1. The molecule has 1 nitrogen and oxygen atoms in total. The summed E-state index contributed by atoms with van der Waals surface area (Å²) in [5, 5.41) is 2.16. The standard InChI is InChI=1S/C9H7N/c1-2-4-9-7-10-6-5-8(9)3-1/h1-7H/i2T. The van der Waals surface area contributed by atoms with Gasteiger partial charge in [-0.1, -0.05) is 24.2 Å². The van der Waals surface area contributed by atoms with Gasteiger partial charge >= 0.3 is 0 Å². The van der Waals surface area contributed by atoms with Crippen LogP contribution in [0.3, 0.4) is 0 Å². The van der Waals surface area contributed by atoms with Gasteiger partial charge in [0.25, 0.3) is 0 Å². The van der Waals surface area contributed by atoms with Gasteiger partial charge in [-0.25, -0.2) is 0 Å². The zero-order chi connectivity index (χ0) is 7.68. The predicted octanol–water partition coefficient (Wildman–Crippen LogP) is 2.23. The van der Waals surface area contributed by atoms with E-state index in [4.69, 9.17) is 1.37 Å². The van der Waals surface area contributed by atoms with E-state index in [9.17, 15) is 0 Å². The molecule has 1 heterocycles. The number of hydrogen-bond acceptors (Lipinski definition) is 1. The molecule has 0 aliphatic carbocycles. The van der Waals surface area contributed by atoms with Crippen LogP contribution < -0.4 is 0 Å². The number of aromatic nitrogens is 1. The third-order valence-electron chi connectivity index (χ3n) is 1.49. The van der Waals surface area contributed by atoms with Crippen LogP contribution in [-0.4, -0.2) is 4.98 Å². The maximum absolute atomic E-state index is 7.35. The summed E-state index contributed by atoms with van der Waals surface area (Å²) in [7, 11) is 0. The Morgan fingerprint density at radius 1 is 1.20 bits per heavy atom. The van der Waals surface area contributed by atoms with Crippen LogP contribution in [0.5, 0.6) is 0 Å². The van der Waals surface area contributed by atoms with Crippen LogP contribution in [0.4, 0.5) is 0 Å². The molecule has 2 aromatic rings. The van der Waals surface area contributed by atoms with Crippen molar-refractivity contribution in [2.75, 3.05) is 0 Å². The van der Waals surface area contributed by atoms with Gasteiger partial charge in [-0.2, -0.15) is 0 Å². The fraction of sp³-hybridized carbons (Fsp3) is 0. The number of benzene rings is 1. The zero-order valence-electron chi connectivity index (χ0n) is 6.41. The highest BCUT2D eigenvalue weighted by atomic mass is 14.6. The molecule has 1 aromatic heterocycles. The van der Waals surface area contributed by atoms with Crippen molar-refractivity contribution in [3.05, 3.63) is 42.7 Å². The molecule has 0 spiro atoms. The Bertz CT molecular complexity index is 384. The highest BCUT2D eigenvalue weighted by molar-refractivity contribution is 5.80. The van der Waals surface area contributed by atoms with Crippen LogP contribution >= 0.6 is 0 Å². The van der Waals surface area contributed by atoms with E-state index in [0.717, 1.165) is 10.8 Å². The molecule has 0 aliphatic rings. The smallest absolute Gasteiger partial charge is 0.0623 e. The Hall–Kier alpha value is -1.37. The van der Waals surface area contributed by atoms with E-state index < -0.39 is 0 Å². The van der Waals surface area contributed by atoms with Crippen LogP contribution in [0.15, 0.2) is 42.7 Å². The molecule has 48 valence electrons. The molecule has 0 bridgehead atoms. The molecular weight excluding hydrogens is 122 g/mol. The van der Waals surface area contributed by atoms with E-state index >= 15 is 0 Å². The lowest BCUT2D eigenvalue weighted by atomic mass is 10.2. The second-order valence-electron chi connectivity index (χ2n) is 2.15. The molecule has 0 radical (unpaired) electrons. The Labute approximate surface area is 60.7 Å². The number of nitrogens with zero attached hydrogens (tertiary/aromatic N) is 1. The van der Waals surface area contributed by atoms with E-state index in [0.29, 0.717) is 6.04 Å². The quantitative estimate of drug-likeness (QED) is 0.534. The summed E-state index contributed by atoms with van der Waals surface area (Å²) in [6.07, 6.45) is 3.53. The first-order valence-electron chi connectivity index (χ1n) is 3.67. The number of rotatable bonds is 0. The molecule has 0 aliphatic heterocycles. The van der Waals surface area contributed by atoms with Crippen molar-refractivity contribution in [1.29, 1.82) is 0 Å². The molecule has 0 saturated carbocycles. The van der Waals surface area contributed by atoms with Gasteiger partial charge in [0.2, 0.25) is 0 Å². The van der Waals surface area contributed by atoms with Gasteiger partial charge in [-0.15, -0.1) is 0 Å². The van der Waals surface area contributed by atoms with Gasteiger partial charge in [0.15, 0.2) is 0 Å². The third-order valence-corrected chi connectivity index (χ3v) is 1.49. The first-order valence-corrected chi connectivity index (χ1v) is 3.17. The lowest BCUT2D eigenvalue weighted by Gasteiger charge is -1.91. The Balaban J connectivity index is 2.83. The fourth-order valence-electron chi connectivity index (χ4n) is 0.966. The van der Waals surface area contributed by atoms with E-state index in [1.54, 1.807) is 18.5 Å².